The van der Waals surface area contributed by atoms with Gasteiger partial charge in [-0.05, 0) is 30.1 Å². The summed E-state index contributed by atoms with van der Waals surface area (Å²) in [5, 5.41) is 0. The van der Waals surface area contributed by atoms with Crippen LogP contribution in [0.4, 0.5) is 8.78 Å². The van der Waals surface area contributed by atoms with Crippen molar-refractivity contribution in [2.45, 2.75) is 6.92 Å². The van der Waals surface area contributed by atoms with E-state index in [1.165, 1.54) is 6.92 Å². The first-order valence-electron chi connectivity index (χ1n) is 7.02. The van der Waals surface area contributed by atoms with E-state index in [0.29, 0.717) is 0 Å². The van der Waals surface area contributed by atoms with Crippen molar-refractivity contribution in [3.8, 4) is 5.75 Å². The molecule has 0 bridgehead atoms. The number of ether oxygens (including phenoxy) is 1. The third kappa shape index (κ3) is 2.41. The number of hydrogen-bond acceptors (Lipinski definition) is 5. The van der Waals surface area contributed by atoms with Crippen LogP contribution >= 0.6 is 0 Å². The molecule has 0 amide bonds. The van der Waals surface area contributed by atoms with Crippen molar-refractivity contribution in [3.05, 3.63) is 58.1 Å². The summed E-state index contributed by atoms with van der Waals surface area (Å²) < 4.78 is 37.3. The lowest BCUT2D eigenvalue weighted by Gasteiger charge is -2.13. The minimum Gasteiger partial charge on any atom is -0.491 e. The van der Waals surface area contributed by atoms with E-state index in [1.54, 1.807) is 0 Å². The second-order valence-corrected chi connectivity index (χ2v) is 5.35. The second-order valence-electron chi connectivity index (χ2n) is 5.35. The number of hydrogen-bond donors (Lipinski definition) is 0. The summed E-state index contributed by atoms with van der Waals surface area (Å²) >= 11 is 0. The third-order valence-electron chi connectivity index (χ3n) is 3.92. The van der Waals surface area contributed by atoms with Crippen LogP contribution in [0.25, 0.3) is 5.47 Å². The van der Waals surface area contributed by atoms with E-state index in [4.69, 9.17) is 12.3 Å². The molecule has 124 valence electrons. The van der Waals surface area contributed by atoms with Crippen LogP contribution < -0.4 is 4.74 Å². The third-order valence-corrected chi connectivity index (χ3v) is 3.92. The summed E-state index contributed by atoms with van der Waals surface area (Å²) in [5.41, 5.74) is -1.04. The Morgan fingerprint density at radius 3 is 2.32 bits per heavy atom. The van der Waals surface area contributed by atoms with Gasteiger partial charge in [0.05, 0.1) is 18.2 Å². The van der Waals surface area contributed by atoms with E-state index in [0.717, 1.165) is 25.5 Å². The van der Waals surface area contributed by atoms with Crippen LogP contribution in [0.2, 0.25) is 0 Å². The highest BCUT2D eigenvalue weighted by Crippen LogP contribution is 2.33. The number of carbonyl (C=O) groups is 3. The smallest absolute Gasteiger partial charge is 0.237 e. The highest BCUT2D eigenvalue weighted by molar-refractivity contribution is 6.59. The minimum atomic E-state index is -1.08. The zero-order chi connectivity index (χ0) is 18.5. The molecule has 5 nitrogen and oxygen atoms in total. The fourth-order valence-electron chi connectivity index (χ4n) is 2.57. The quantitative estimate of drug-likeness (QED) is 0.487. The number of furan rings is 1. The zero-order valence-corrected chi connectivity index (χ0v) is 13.1. The van der Waals surface area contributed by atoms with Gasteiger partial charge in [0.25, 0.3) is 0 Å². The molecule has 0 fully saturated rings. The normalized spacial score (nSPS) is 13.9. The molecule has 0 saturated heterocycles. The number of allylic oxidation sites excluding steroid dienone is 1. The molecule has 1 aliphatic carbocycles. The Morgan fingerprint density at radius 2 is 1.76 bits per heavy atom. The summed E-state index contributed by atoms with van der Waals surface area (Å²) in [6, 6.07) is 1.53. The Morgan fingerprint density at radius 1 is 1.16 bits per heavy atom. The summed E-state index contributed by atoms with van der Waals surface area (Å²) in [5.74, 6) is -5.64. The van der Waals surface area contributed by atoms with Crippen LogP contribution in [0.15, 0.2) is 28.4 Å². The molecule has 2 aromatic rings. The first kappa shape index (κ1) is 16.8. The number of benzene rings is 1. The van der Waals surface area contributed by atoms with E-state index < -0.39 is 34.7 Å². The number of rotatable bonds is 3. The van der Waals surface area contributed by atoms with Gasteiger partial charge in [-0.2, -0.15) is 0 Å². The molecule has 0 aliphatic heterocycles. The summed E-state index contributed by atoms with van der Waals surface area (Å²) in [4.78, 5) is 36.7. The SMILES string of the molecule is [B]C1=C(C)C(=O)C(=O)c2c(C(=O)c3cc(F)c(OC)c(F)c3)coc21. The lowest BCUT2D eigenvalue weighted by Crippen LogP contribution is -2.24. The minimum absolute atomic E-state index is 0.00684. The fourth-order valence-corrected chi connectivity index (χ4v) is 2.57. The molecular weight excluding hydrogens is 333 g/mol. The van der Waals surface area contributed by atoms with Crippen molar-refractivity contribution < 1.29 is 32.3 Å². The van der Waals surface area contributed by atoms with E-state index in [1.807, 2.05) is 0 Å². The predicted molar refractivity (Wildman–Crippen MR) is 82.7 cm³/mol. The monoisotopic (exact) mass is 342 g/mol. The fraction of sp³-hybridized carbons (Fsp3) is 0.118. The van der Waals surface area contributed by atoms with E-state index in [2.05, 4.69) is 4.74 Å². The number of halogens is 2. The Hall–Kier alpha value is -3.03. The topological polar surface area (TPSA) is 73.6 Å². The number of fused-ring (bicyclic) bond motifs is 1. The molecule has 1 aliphatic rings. The lowest BCUT2D eigenvalue weighted by molar-refractivity contribution is -0.111. The Labute approximate surface area is 141 Å². The summed E-state index contributed by atoms with van der Waals surface area (Å²) in [6.45, 7) is 1.36. The van der Waals surface area contributed by atoms with Crippen molar-refractivity contribution in [1.82, 2.24) is 0 Å². The van der Waals surface area contributed by atoms with E-state index >= 15 is 0 Å². The first-order chi connectivity index (χ1) is 11.8. The van der Waals surface area contributed by atoms with Gasteiger partial charge in [0.15, 0.2) is 23.2 Å². The molecule has 8 heteroatoms. The molecule has 25 heavy (non-hydrogen) atoms. The Kier molecular flexibility index (Phi) is 3.90. The van der Waals surface area contributed by atoms with Crippen LogP contribution in [0, 0.1) is 11.6 Å². The van der Waals surface area contributed by atoms with Crippen LogP contribution in [0.5, 0.6) is 5.75 Å². The summed E-state index contributed by atoms with van der Waals surface area (Å²) in [6.07, 6.45) is 0.934. The van der Waals surface area contributed by atoms with Crippen molar-refractivity contribution >= 4 is 30.7 Å². The van der Waals surface area contributed by atoms with E-state index in [-0.39, 0.29) is 33.5 Å². The summed E-state index contributed by atoms with van der Waals surface area (Å²) in [7, 11) is 6.83. The van der Waals surface area contributed by atoms with Crippen LogP contribution in [-0.4, -0.2) is 32.3 Å². The van der Waals surface area contributed by atoms with Crippen molar-refractivity contribution in [2.75, 3.05) is 7.11 Å². The average molecular weight is 342 g/mol. The van der Waals surface area contributed by atoms with E-state index in [9.17, 15) is 23.2 Å². The maximum Gasteiger partial charge on any atom is 0.237 e. The molecule has 0 saturated carbocycles. The van der Waals surface area contributed by atoms with Gasteiger partial charge in [0.2, 0.25) is 11.6 Å². The molecule has 1 aromatic heterocycles. The number of carbonyl (C=O) groups excluding carboxylic acids is 3. The Bertz CT molecular complexity index is 964. The van der Waals surface area contributed by atoms with Gasteiger partial charge in [-0.15, -0.1) is 0 Å². The maximum atomic E-state index is 13.8. The number of Topliss-reactive ketones (excluding diaryl/α,β-unsaturated/α-hetero) is 2. The Balaban J connectivity index is 2.15. The van der Waals surface area contributed by atoms with Gasteiger partial charge in [-0.3, -0.25) is 14.4 Å². The highest BCUT2D eigenvalue weighted by Gasteiger charge is 2.35. The number of methoxy groups -OCH3 is 1. The molecule has 0 atom stereocenters. The van der Waals surface area contributed by atoms with Crippen LogP contribution in [0.1, 0.15) is 39.0 Å². The molecule has 0 unspecified atom stereocenters. The van der Waals surface area contributed by atoms with Crippen LogP contribution in [0.3, 0.4) is 0 Å². The predicted octanol–water partition coefficient (Wildman–Crippen LogP) is 2.46. The average Bonchev–Trinajstić information content (AvgIpc) is 3.02. The molecule has 0 spiro atoms. The highest BCUT2D eigenvalue weighted by atomic mass is 19.1. The zero-order valence-electron chi connectivity index (χ0n) is 13.1. The largest absolute Gasteiger partial charge is 0.491 e. The molecular formula is C17H9BF2O5. The van der Waals surface area contributed by atoms with Crippen molar-refractivity contribution in [1.29, 1.82) is 0 Å². The molecule has 2 radical (unpaired) electrons. The molecule has 3 rings (SSSR count). The standard InChI is InChI=1S/C17H9BF2O5/c1-6-12(18)17-11(15(23)13(6)21)8(5-25-17)14(22)7-3-9(19)16(24-2)10(20)4-7/h3-5H,1-2H3. The molecule has 0 N–H and O–H groups in total. The van der Waals surface area contributed by atoms with Gasteiger partial charge < -0.3 is 9.15 Å². The van der Waals surface area contributed by atoms with Gasteiger partial charge in [0, 0.05) is 5.56 Å². The van der Waals surface area contributed by atoms with Gasteiger partial charge in [-0.25, -0.2) is 8.78 Å². The van der Waals surface area contributed by atoms with Gasteiger partial charge in [0.1, 0.15) is 19.9 Å². The van der Waals surface area contributed by atoms with Crippen molar-refractivity contribution in [2.24, 2.45) is 0 Å². The molecule has 1 aromatic carbocycles. The van der Waals surface area contributed by atoms with Gasteiger partial charge >= 0.3 is 0 Å². The molecule has 1 heterocycles. The lowest BCUT2D eigenvalue weighted by atomic mass is 9.78. The van der Waals surface area contributed by atoms with Crippen LogP contribution in [-0.2, 0) is 4.79 Å². The van der Waals surface area contributed by atoms with Gasteiger partial charge in [-0.1, -0.05) is 0 Å². The maximum absolute atomic E-state index is 13.8. The van der Waals surface area contributed by atoms with Crippen molar-refractivity contribution in [3.63, 3.8) is 0 Å². The first-order valence-corrected chi connectivity index (χ1v) is 7.02. The number of ketones is 3. The second kappa shape index (κ2) is 5.80.